The molecule has 3 aromatic rings. The molecule has 1 N–H and O–H groups in total. The first-order chi connectivity index (χ1) is 9.83. The molecular formula is C14H12N4OS. The van der Waals surface area contributed by atoms with Crippen LogP contribution in [0.1, 0.15) is 15.2 Å². The van der Waals surface area contributed by atoms with Gasteiger partial charge in [0.25, 0.3) is 5.91 Å². The molecule has 0 unspecified atom stereocenters. The van der Waals surface area contributed by atoms with Gasteiger partial charge in [-0.25, -0.2) is 9.67 Å². The molecule has 100 valence electrons. The van der Waals surface area contributed by atoms with Crippen molar-refractivity contribution in [2.75, 3.05) is 0 Å². The first kappa shape index (κ1) is 12.6. The zero-order valence-electron chi connectivity index (χ0n) is 10.6. The molecule has 5 nitrogen and oxygen atoms in total. The van der Waals surface area contributed by atoms with E-state index in [0.29, 0.717) is 12.1 Å². The van der Waals surface area contributed by atoms with Gasteiger partial charge in [-0.1, -0.05) is 6.07 Å². The summed E-state index contributed by atoms with van der Waals surface area (Å²) in [5.74, 6) is -0.0801. The van der Waals surface area contributed by atoms with E-state index in [-0.39, 0.29) is 5.91 Å². The first-order valence-corrected chi connectivity index (χ1v) is 6.96. The van der Waals surface area contributed by atoms with Crippen LogP contribution in [-0.4, -0.2) is 20.7 Å². The maximum atomic E-state index is 12.0. The summed E-state index contributed by atoms with van der Waals surface area (Å²) in [6.45, 7) is 0.557. The number of benzene rings is 1. The lowest BCUT2D eigenvalue weighted by Crippen LogP contribution is -2.22. The van der Waals surface area contributed by atoms with Crippen molar-refractivity contribution in [2.24, 2.45) is 0 Å². The van der Waals surface area contributed by atoms with E-state index in [1.807, 2.05) is 29.6 Å². The number of amides is 1. The van der Waals surface area contributed by atoms with E-state index in [1.54, 1.807) is 34.5 Å². The first-order valence-electron chi connectivity index (χ1n) is 6.08. The van der Waals surface area contributed by atoms with Crippen LogP contribution in [0.15, 0.2) is 54.4 Å². The van der Waals surface area contributed by atoms with Crippen LogP contribution in [0.4, 0.5) is 0 Å². The average molecular weight is 284 g/mol. The Morgan fingerprint density at radius 1 is 1.25 bits per heavy atom. The molecular weight excluding hydrogens is 272 g/mol. The molecule has 0 aliphatic carbocycles. The van der Waals surface area contributed by atoms with Crippen molar-refractivity contribution in [2.45, 2.75) is 6.54 Å². The summed E-state index contributed by atoms with van der Waals surface area (Å²) < 4.78 is 1.65. The van der Waals surface area contributed by atoms with Crippen molar-refractivity contribution < 1.29 is 4.79 Å². The number of thiophene rings is 1. The van der Waals surface area contributed by atoms with Gasteiger partial charge in [0.1, 0.15) is 12.7 Å². The Labute approximate surface area is 119 Å². The predicted octanol–water partition coefficient (Wildman–Crippen LogP) is 2.26. The Bertz CT molecular complexity index is 675. The summed E-state index contributed by atoms with van der Waals surface area (Å²) in [6.07, 6.45) is 3.09. The lowest BCUT2D eigenvalue weighted by molar-refractivity contribution is 0.0951. The molecule has 1 amide bonds. The smallest absolute Gasteiger partial charge is 0.251 e. The molecule has 20 heavy (non-hydrogen) atoms. The van der Waals surface area contributed by atoms with Gasteiger partial charge in [-0.05, 0) is 35.7 Å². The molecule has 0 saturated heterocycles. The fraction of sp³-hybridized carbons (Fsp3) is 0.0714. The highest BCUT2D eigenvalue weighted by molar-refractivity contribution is 7.09. The Balaban J connectivity index is 1.66. The summed E-state index contributed by atoms with van der Waals surface area (Å²) in [7, 11) is 0. The van der Waals surface area contributed by atoms with Crippen LogP contribution in [0.3, 0.4) is 0 Å². The molecule has 6 heteroatoms. The second kappa shape index (κ2) is 5.66. The quantitative estimate of drug-likeness (QED) is 0.799. The number of nitrogens with one attached hydrogen (secondary N) is 1. The molecule has 0 saturated carbocycles. The lowest BCUT2D eigenvalue weighted by Gasteiger charge is -2.05. The van der Waals surface area contributed by atoms with Gasteiger partial charge in [0.05, 0.1) is 12.2 Å². The Morgan fingerprint density at radius 2 is 2.10 bits per heavy atom. The highest BCUT2D eigenvalue weighted by Gasteiger charge is 2.06. The zero-order chi connectivity index (χ0) is 13.8. The monoisotopic (exact) mass is 284 g/mol. The van der Waals surface area contributed by atoms with E-state index in [2.05, 4.69) is 15.4 Å². The minimum absolute atomic E-state index is 0.0801. The third-order valence-electron chi connectivity index (χ3n) is 2.82. The molecule has 0 radical (unpaired) electrons. The zero-order valence-corrected chi connectivity index (χ0v) is 11.4. The molecule has 0 aliphatic rings. The van der Waals surface area contributed by atoms with Crippen molar-refractivity contribution in [1.29, 1.82) is 0 Å². The van der Waals surface area contributed by atoms with Gasteiger partial charge in [-0.3, -0.25) is 4.79 Å². The van der Waals surface area contributed by atoms with Crippen LogP contribution < -0.4 is 5.32 Å². The summed E-state index contributed by atoms with van der Waals surface area (Å²) in [4.78, 5) is 17.0. The Morgan fingerprint density at radius 3 is 2.75 bits per heavy atom. The van der Waals surface area contributed by atoms with Gasteiger partial charge in [-0.2, -0.15) is 5.10 Å². The van der Waals surface area contributed by atoms with E-state index in [0.717, 1.165) is 10.6 Å². The number of aromatic nitrogens is 3. The van der Waals surface area contributed by atoms with Gasteiger partial charge in [0.2, 0.25) is 0 Å². The van der Waals surface area contributed by atoms with Crippen LogP contribution in [-0.2, 0) is 6.54 Å². The van der Waals surface area contributed by atoms with Crippen molar-refractivity contribution in [3.05, 3.63) is 64.9 Å². The second-order valence-corrected chi connectivity index (χ2v) is 5.18. The molecule has 0 bridgehead atoms. The van der Waals surface area contributed by atoms with E-state index in [4.69, 9.17) is 0 Å². The largest absolute Gasteiger partial charge is 0.347 e. The summed E-state index contributed by atoms with van der Waals surface area (Å²) in [5, 5.41) is 8.92. The van der Waals surface area contributed by atoms with Gasteiger partial charge in [0, 0.05) is 10.4 Å². The molecule has 2 heterocycles. The molecule has 1 aromatic carbocycles. The molecule has 0 aliphatic heterocycles. The molecule has 0 fully saturated rings. The number of hydrogen-bond donors (Lipinski definition) is 1. The van der Waals surface area contributed by atoms with Gasteiger partial charge < -0.3 is 5.32 Å². The standard InChI is InChI=1S/C14H12N4OS/c19-14(16-8-13-2-1-7-20-13)11-3-5-12(6-4-11)18-10-15-9-17-18/h1-7,9-10H,8H2,(H,16,19). The highest BCUT2D eigenvalue weighted by atomic mass is 32.1. The van der Waals surface area contributed by atoms with Crippen LogP contribution in [0.25, 0.3) is 5.69 Å². The molecule has 0 spiro atoms. The summed E-state index contributed by atoms with van der Waals surface area (Å²) >= 11 is 1.63. The fourth-order valence-electron chi connectivity index (χ4n) is 1.79. The van der Waals surface area contributed by atoms with E-state index in [9.17, 15) is 4.79 Å². The van der Waals surface area contributed by atoms with Gasteiger partial charge >= 0.3 is 0 Å². The topological polar surface area (TPSA) is 59.8 Å². The minimum Gasteiger partial charge on any atom is -0.347 e. The highest BCUT2D eigenvalue weighted by Crippen LogP contribution is 2.10. The van der Waals surface area contributed by atoms with Crippen molar-refractivity contribution >= 4 is 17.2 Å². The fourth-order valence-corrected chi connectivity index (χ4v) is 2.43. The SMILES string of the molecule is O=C(NCc1cccs1)c1ccc(-n2cncn2)cc1. The average Bonchev–Trinajstić information content (AvgIpc) is 3.18. The van der Waals surface area contributed by atoms with Gasteiger partial charge in [0.15, 0.2) is 0 Å². The molecule has 2 aromatic heterocycles. The van der Waals surface area contributed by atoms with Crippen LogP contribution >= 0.6 is 11.3 Å². The summed E-state index contributed by atoms with van der Waals surface area (Å²) in [6, 6.07) is 11.2. The van der Waals surface area contributed by atoms with E-state index < -0.39 is 0 Å². The van der Waals surface area contributed by atoms with Crippen LogP contribution in [0.5, 0.6) is 0 Å². The van der Waals surface area contributed by atoms with Crippen molar-refractivity contribution in [3.8, 4) is 5.69 Å². The lowest BCUT2D eigenvalue weighted by atomic mass is 10.2. The molecule has 0 atom stereocenters. The number of rotatable bonds is 4. The number of carbonyl (C=O) groups excluding carboxylic acids is 1. The Kier molecular flexibility index (Phi) is 3.56. The number of nitrogens with zero attached hydrogens (tertiary/aromatic N) is 3. The molecule has 3 rings (SSSR count). The normalized spacial score (nSPS) is 10.4. The van der Waals surface area contributed by atoms with Crippen molar-refractivity contribution in [1.82, 2.24) is 20.1 Å². The van der Waals surface area contributed by atoms with E-state index in [1.165, 1.54) is 6.33 Å². The maximum Gasteiger partial charge on any atom is 0.251 e. The summed E-state index contributed by atoms with van der Waals surface area (Å²) in [5.41, 5.74) is 1.50. The van der Waals surface area contributed by atoms with Crippen LogP contribution in [0, 0.1) is 0 Å². The van der Waals surface area contributed by atoms with Crippen molar-refractivity contribution in [3.63, 3.8) is 0 Å². The Hall–Kier alpha value is -2.47. The third kappa shape index (κ3) is 2.75. The second-order valence-electron chi connectivity index (χ2n) is 4.15. The maximum absolute atomic E-state index is 12.0. The van der Waals surface area contributed by atoms with Gasteiger partial charge in [-0.15, -0.1) is 11.3 Å². The number of hydrogen-bond acceptors (Lipinski definition) is 4. The third-order valence-corrected chi connectivity index (χ3v) is 3.69. The number of carbonyl (C=O) groups is 1. The van der Waals surface area contributed by atoms with Crippen LogP contribution in [0.2, 0.25) is 0 Å². The van der Waals surface area contributed by atoms with E-state index >= 15 is 0 Å². The predicted molar refractivity (Wildman–Crippen MR) is 76.8 cm³/mol. The minimum atomic E-state index is -0.0801.